The molecule has 0 spiro atoms. The summed E-state index contributed by atoms with van der Waals surface area (Å²) in [7, 11) is 1.47. The molecule has 22 heavy (non-hydrogen) atoms. The summed E-state index contributed by atoms with van der Waals surface area (Å²) in [6.07, 6.45) is 1.56. The second-order valence-electron chi connectivity index (χ2n) is 4.35. The fourth-order valence-corrected chi connectivity index (χ4v) is 2.95. The molecule has 1 atom stereocenters. The van der Waals surface area contributed by atoms with Gasteiger partial charge in [-0.15, -0.1) is 11.3 Å². The molecule has 0 aliphatic rings. The highest BCUT2D eigenvalue weighted by atomic mass is 79.9. The second kappa shape index (κ2) is 7.37. The van der Waals surface area contributed by atoms with Crippen LogP contribution in [0, 0.1) is 0 Å². The van der Waals surface area contributed by atoms with Gasteiger partial charge in [-0.1, -0.05) is 0 Å². The molecule has 2 aromatic heterocycles. The van der Waals surface area contributed by atoms with Crippen LogP contribution in [0.3, 0.4) is 0 Å². The largest absolute Gasteiger partial charge is 0.480 e. The highest BCUT2D eigenvalue weighted by Gasteiger charge is 2.19. The first kappa shape index (κ1) is 16.4. The lowest BCUT2D eigenvalue weighted by Crippen LogP contribution is -2.41. The van der Waals surface area contributed by atoms with Crippen LogP contribution in [0.1, 0.15) is 16.6 Å². The zero-order valence-electron chi connectivity index (χ0n) is 11.9. The average molecular weight is 384 g/mol. The Kier molecular flexibility index (Phi) is 5.51. The van der Waals surface area contributed by atoms with Crippen molar-refractivity contribution in [3.8, 4) is 5.88 Å². The third kappa shape index (κ3) is 4.05. The number of halogens is 1. The number of amides is 2. The maximum Gasteiger partial charge on any atom is 0.262 e. The third-order valence-electron chi connectivity index (χ3n) is 2.76. The number of anilines is 1. The first-order valence-electron chi connectivity index (χ1n) is 6.37. The number of hydrogen-bond acceptors (Lipinski definition) is 5. The Morgan fingerprint density at radius 1 is 1.36 bits per heavy atom. The van der Waals surface area contributed by atoms with Crippen molar-refractivity contribution in [2.75, 3.05) is 12.4 Å². The molecule has 0 aliphatic heterocycles. The lowest BCUT2D eigenvalue weighted by atomic mass is 10.3. The standard InChI is InChI=1S/C14H14BrN3O3S/c1-8(17-13(20)10-5-6-11(15)22-10)12(19)18-9-4-3-7-16-14(9)21-2/h3-8H,1-2H3,(H,17,20)(H,18,19). The molecule has 0 saturated carbocycles. The smallest absolute Gasteiger partial charge is 0.262 e. The van der Waals surface area contributed by atoms with Crippen molar-refractivity contribution in [2.24, 2.45) is 0 Å². The molecule has 2 amide bonds. The number of carbonyl (C=O) groups is 2. The molecule has 2 N–H and O–H groups in total. The molecule has 0 aromatic carbocycles. The fourth-order valence-electron chi connectivity index (χ4n) is 1.66. The Morgan fingerprint density at radius 3 is 2.77 bits per heavy atom. The fraction of sp³-hybridized carbons (Fsp3) is 0.214. The molecule has 6 nitrogen and oxygen atoms in total. The van der Waals surface area contributed by atoms with Crippen molar-refractivity contribution in [1.82, 2.24) is 10.3 Å². The number of nitrogens with one attached hydrogen (secondary N) is 2. The van der Waals surface area contributed by atoms with Gasteiger partial charge in [-0.2, -0.15) is 0 Å². The highest BCUT2D eigenvalue weighted by Crippen LogP contribution is 2.22. The van der Waals surface area contributed by atoms with Gasteiger partial charge in [0.05, 0.1) is 15.8 Å². The molecule has 2 rings (SSSR count). The molecule has 1 unspecified atom stereocenters. The summed E-state index contributed by atoms with van der Waals surface area (Å²) in [5, 5.41) is 5.32. The SMILES string of the molecule is COc1ncccc1NC(=O)C(C)NC(=O)c1ccc(Br)s1. The molecule has 0 fully saturated rings. The quantitative estimate of drug-likeness (QED) is 0.831. The van der Waals surface area contributed by atoms with Gasteiger partial charge >= 0.3 is 0 Å². The maximum atomic E-state index is 12.1. The second-order valence-corrected chi connectivity index (χ2v) is 6.81. The van der Waals surface area contributed by atoms with E-state index in [4.69, 9.17) is 4.74 Å². The van der Waals surface area contributed by atoms with Gasteiger partial charge in [-0.05, 0) is 47.1 Å². The normalized spacial score (nSPS) is 11.6. The van der Waals surface area contributed by atoms with E-state index in [1.54, 1.807) is 37.4 Å². The number of aromatic nitrogens is 1. The number of nitrogens with zero attached hydrogens (tertiary/aromatic N) is 1. The average Bonchev–Trinajstić information content (AvgIpc) is 2.94. The highest BCUT2D eigenvalue weighted by molar-refractivity contribution is 9.11. The van der Waals surface area contributed by atoms with E-state index < -0.39 is 6.04 Å². The third-order valence-corrected chi connectivity index (χ3v) is 4.38. The van der Waals surface area contributed by atoms with E-state index in [0.29, 0.717) is 16.4 Å². The van der Waals surface area contributed by atoms with Crippen LogP contribution in [0.4, 0.5) is 5.69 Å². The van der Waals surface area contributed by atoms with E-state index in [2.05, 4.69) is 31.5 Å². The number of methoxy groups -OCH3 is 1. The molecule has 0 saturated heterocycles. The number of ether oxygens (including phenoxy) is 1. The Balaban J connectivity index is 1.99. The summed E-state index contributed by atoms with van der Waals surface area (Å²) in [6, 6.07) is 6.14. The summed E-state index contributed by atoms with van der Waals surface area (Å²) in [4.78, 5) is 28.7. The first-order valence-corrected chi connectivity index (χ1v) is 7.98. The van der Waals surface area contributed by atoms with E-state index in [-0.39, 0.29) is 11.8 Å². The van der Waals surface area contributed by atoms with Crippen LogP contribution in [0.2, 0.25) is 0 Å². The Labute approximate surface area is 140 Å². The van der Waals surface area contributed by atoms with Gasteiger partial charge in [0.2, 0.25) is 11.8 Å². The van der Waals surface area contributed by atoms with Gasteiger partial charge < -0.3 is 15.4 Å². The molecule has 0 radical (unpaired) electrons. The number of carbonyl (C=O) groups excluding carboxylic acids is 2. The minimum Gasteiger partial charge on any atom is -0.480 e. The van der Waals surface area contributed by atoms with Crippen molar-refractivity contribution < 1.29 is 14.3 Å². The summed E-state index contributed by atoms with van der Waals surface area (Å²) >= 11 is 4.60. The first-order chi connectivity index (χ1) is 10.5. The van der Waals surface area contributed by atoms with E-state index in [9.17, 15) is 9.59 Å². The van der Waals surface area contributed by atoms with Crippen LogP contribution < -0.4 is 15.4 Å². The van der Waals surface area contributed by atoms with Crippen molar-refractivity contribution >= 4 is 44.8 Å². The molecule has 2 heterocycles. The molecule has 0 bridgehead atoms. The maximum absolute atomic E-state index is 12.1. The van der Waals surface area contributed by atoms with E-state index in [1.165, 1.54) is 18.4 Å². The number of hydrogen-bond donors (Lipinski definition) is 2. The van der Waals surface area contributed by atoms with Crippen LogP contribution in [-0.4, -0.2) is 29.9 Å². The predicted molar refractivity (Wildman–Crippen MR) is 88.4 cm³/mol. The Bertz CT molecular complexity index is 689. The number of pyridine rings is 1. The summed E-state index contributed by atoms with van der Waals surface area (Å²) in [6.45, 7) is 1.61. The van der Waals surface area contributed by atoms with E-state index in [0.717, 1.165) is 3.79 Å². The lowest BCUT2D eigenvalue weighted by Gasteiger charge is -2.14. The molecular formula is C14H14BrN3O3S. The Morgan fingerprint density at radius 2 is 2.14 bits per heavy atom. The van der Waals surface area contributed by atoms with Crippen LogP contribution in [-0.2, 0) is 4.79 Å². The minimum absolute atomic E-state index is 0.295. The van der Waals surface area contributed by atoms with Crippen molar-refractivity contribution in [1.29, 1.82) is 0 Å². The topological polar surface area (TPSA) is 80.3 Å². The molecule has 8 heteroatoms. The summed E-state index contributed by atoms with van der Waals surface area (Å²) in [5.41, 5.74) is 0.454. The zero-order chi connectivity index (χ0) is 16.1. The van der Waals surface area contributed by atoms with Gasteiger partial charge in [0, 0.05) is 6.20 Å². The summed E-state index contributed by atoms with van der Waals surface area (Å²) < 4.78 is 5.92. The van der Waals surface area contributed by atoms with Crippen molar-refractivity contribution in [2.45, 2.75) is 13.0 Å². The predicted octanol–water partition coefficient (Wildman–Crippen LogP) is 2.67. The molecular weight excluding hydrogens is 370 g/mol. The van der Waals surface area contributed by atoms with Crippen LogP contribution >= 0.6 is 27.3 Å². The lowest BCUT2D eigenvalue weighted by molar-refractivity contribution is -0.117. The number of thiophene rings is 1. The van der Waals surface area contributed by atoms with Gasteiger partial charge in [0.25, 0.3) is 5.91 Å². The van der Waals surface area contributed by atoms with Gasteiger partial charge in [0.1, 0.15) is 11.7 Å². The van der Waals surface area contributed by atoms with Gasteiger partial charge in [-0.25, -0.2) is 4.98 Å². The van der Waals surface area contributed by atoms with Gasteiger partial charge in [0.15, 0.2) is 0 Å². The van der Waals surface area contributed by atoms with Gasteiger partial charge in [-0.3, -0.25) is 9.59 Å². The summed E-state index contributed by atoms with van der Waals surface area (Å²) in [5.74, 6) is -0.330. The van der Waals surface area contributed by atoms with Crippen LogP contribution in [0.5, 0.6) is 5.88 Å². The van der Waals surface area contributed by atoms with Crippen LogP contribution in [0.25, 0.3) is 0 Å². The van der Waals surface area contributed by atoms with E-state index in [1.807, 2.05) is 0 Å². The Hall–Kier alpha value is -1.93. The molecule has 2 aromatic rings. The van der Waals surface area contributed by atoms with Crippen molar-refractivity contribution in [3.05, 3.63) is 39.1 Å². The van der Waals surface area contributed by atoms with Crippen LogP contribution in [0.15, 0.2) is 34.2 Å². The monoisotopic (exact) mass is 383 g/mol. The van der Waals surface area contributed by atoms with E-state index >= 15 is 0 Å². The molecule has 0 aliphatic carbocycles. The minimum atomic E-state index is -0.696. The van der Waals surface area contributed by atoms with Crippen molar-refractivity contribution in [3.63, 3.8) is 0 Å². The number of rotatable bonds is 5. The molecule has 116 valence electrons. The zero-order valence-corrected chi connectivity index (χ0v) is 14.3.